The lowest BCUT2D eigenvalue weighted by molar-refractivity contribution is 0.0943. The van der Waals surface area contributed by atoms with Gasteiger partial charge >= 0.3 is 0 Å². The third kappa shape index (κ3) is 3.47. The molecule has 0 saturated carbocycles. The second kappa shape index (κ2) is 6.57. The van der Waals surface area contributed by atoms with Crippen molar-refractivity contribution in [2.45, 2.75) is 26.2 Å². The minimum absolute atomic E-state index is 0.0344. The van der Waals surface area contributed by atoms with Gasteiger partial charge in [0.25, 0.3) is 5.91 Å². The van der Waals surface area contributed by atoms with Crippen LogP contribution in [0, 0.1) is 5.92 Å². The van der Waals surface area contributed by atoms with Gasteiger partial charge in [0.15, 0.2) is 0 Å². The summed E-state index contributed by atoms with van der Waals surface area (Å²) in [5, 5.41) is 15.2. The summed E-state index contributed by atoms with van der Waals surface area (Å²) in [7, 11) is 0. The van der Waals surface area contributed by atoms with Crippen LogP contribution in [0.2, 0.25) is 0 Å². The molecule has 1 atom stereocenters. The average Bonchev–Trinajstić information content (AvgIpc) is 2.90. The van der Waals surface area contributed by atoms with Crippen molar-refractivity contribution < 1.29 is 9.90 Å². The molecule has 0 aliphatic carbocycles. The van der Waals surface area contributed by atoms with Gasteiger partial charge in [0.2, 0.25) is 0 Å². The largest absolute Gasteiger partial charge is 0.396 e. The minimum atomic E-state index is -0.0344. The summed E-state index contributed by atoms with van der Waals surface area (Å²) < 4.78 is 0. The van der Waals surface area contributed by atoms with E-state index in [9.17, 15) is 4.79 Å². The number of aliphatic hydroxyl groups excluding tert-OH is 1. The van der Waals surface area contributed by atoms with Crippen LogP contribution in [-0.2, 0) is 6.42 Å². The smallest absolute Gasteiger partial charge is 0.251 e. The Morgan fingerprint density at radius 3 is 3.11 bits per heavy atom. The summed E-state index contributed by atoms with van der Waals surface area (Å²) in [4.78, 5) is 12.1. The van der Waals surface area contributed by atoms with Crippen LogP contribution in [-0.4, -0.2) is 30.7 Å². The molecule has 4 nitrogen and oxygen atoms in total. The van der Waals surface area contributed by atoms with E-state index in [1.165, 1.54) is 5.56 Å². The molecule has 0 saturated heterocycles. The van der Waals surface area contributed by atoms with Gasteiger partial charge in [-0.2, -0.15) is 0 Å². The van der Waals surface area contributed by atoms with Gasteiger partial charge in [0.05, 0.1) is 0 Å². The second-order valence-electron chi connectivity index (χ2n) is 5.05. The van der Waals surface area contributed by atoms with Gasteiger partial charge in [0.1, 0.15) is 0 Å². The summed E-state index contributed by atoms with van der Waals surface area (Å²) in [5.41, 5.74) is 3.06. The Morgan fingerprint density at radius 1 is 1.53 bits per heavy atom. The zero-order valence-corrected chi connectivity index (χ0v) is 11.4. The maximum absolute atomic E-state index is 12.1. The molecule has 0 aromatic heterocycles. The normalized spacial score (nSPS) is 14.6. The predicted molar refractivity (Wildman–Crippen MR) is 76.5 cm³/mol. The number of rotatable bonds is 6. The molecule has 1 aromatic rings. The van der Waals surface area contributed by atoms with E-state index in [2.05, 4.69) is 17.6 Å². The van der Waals surface area contributed by atoms with Gasteiger partial charge in [-0.25, -0.2) is 0 Å². The number of benzene rings is 1. The maximum Gasteiger partial charge on any atom is 0.251 e. The summed E-state index contributed by atoms with van der Waals surface area (Å²) in [6, 6.07) is 5.83. The SMILES string of the molecule is CCC(CCO)CNC(=O)c1ccc2c(c1)NCC2. The Hall–Kier alpha value is -1.55. The lowest BCUT2D eigenvalue weighted by Gasteiger charge is -2.14. The molecule has 0 bridgehead atoms. The number of fused-ring (bicyclic) bond motifs is 1. The Kier molecular flexibility index (Phi) is 4.80. The van der Waals surface area contributed by atoms with Crippen LogP contribution in [0.3, 0.4) is 0 Å². The van der Waals surface area contributed by atoms with Crippen molar-refractivity contribution in [3.63, 3.8) is 0 Å². The summed E-state index contributed by atoms with van der Waals surface area (Å²) in [6.07, 6.45) is 2.74. The molecule has 2 rings (SSSR count). The fraction of sp³-hybridized carbons (Fsp3) is 0.533. The number of hydrogen-bond acceptors (Lipinski definition) is 3. The molecule has 1 amide bonds. The number of anilines is 1. The molecule has 1 aliphatic rings. The fourth-order valence-corrected chi connectivity index (χ4v) is 2.40. The molecule has 3 N–H and O–H groups in total. The van der Waals surface area contributed by atoms with Crippen LogP contribution >= 0.6 is 0 Å². The van der Waals surface area contributed by atoms with Crippen molar-refractivity contribution in [2.75, 3.05) is 25.0 Å². The Balaban J connectivity index is 1.92. The van der Waals surface area contributed by atoms with Gasteiger partial charge in [-0.05, 0) is 36.5 Å². The van der Waals surface area contributed by atoms with Gasteiger partial charge in [-0.15, -0.1) is 0 Å². The molecular formula is C15H22N2O2. The number of amides is 1. The van der Waals surface area contributed by atoms with Crippen LogP contribution < -0.4 is 10.6 Å². The van der Waals surface area contributed by atoms with Gasteiger partial charge < -0.3 is 15.7 Å². The highest BCUT2D eigenvalue weighted by atomic mass is 16.3. The van der Waals surface area contributed by atoms with E-state index in [4.69, 9.17) is 5.11 Å². The van der Waals surface area contributed by atoms with Crippen LogP contribution in [0.4, 0.5) is 5.69 Å². The molecule has 0 radical (unpaired) electrons. The quantitative estimate of drug-likeness (QED) is 0.732. The van der Waals surface area contributed by atoms with Crippen molar-refractivity contribution >= 4 is 11.6 Å². The predicted octanol–water partition coefficient (Wildman–Crippen LogP) is 1.79. The molecule has 1 aliphatic heterocycles. The fourth-order valence-electron chi connectivity index (χ4n) is 2.40. The second-order valence-corrected chi connectivity index (χ2v) is 5.05. The Labute approximate surface area is 114 Å². The third-order valence-electron chi connectivity index (χ3n) is 3.75. The molecule has 0 spiro atoms. The van der Waals surface area contributed by atoms with Gasteiger partial charge in [-0.1, -0.05) is 19.4 Å². The first-order valence-corrected chi connectivity index (χ1v) is 7.00. The van der Waals surface area contributed by atoms with Gasteiger partial charge in [0, 0.05) is 30.9 Å². The van der Waals surface area contributed by atoms with E-state index in [1.807, 2.05) is 18.2 Å². The lowest BCUT2D eigenvalue weighted by atomic mass is 10.0. The number of carbonyl (C=O) groups is 1. The van der Waals surface area contributed by atoms with E-state index in [1.54, 1.807) is 0 Å². The Morgan fingerprint density at radius 2 is 2.37 bits per heavy atom. The van der Waals surface area contributed by atoms with E-state index in [0.717, 1.165) is 31.5 Å². The zero-order chi connectivity index (χ0) is 13.7. The van der Waals surface area contributed by atoms with Crippen molar-refractivity contribution in [1.82, 2.24) is 5.32 Å². The van der Waals surface area contributed by atoms with Crippen molar-refractivity contribution in [3.8, 4) is 0 Å². The van der Waals surface area contributed by atoms with E-state index >= 15 is 0 Å². The van der Waals surface area contributed by atoms with E-state index in [0.29, 0.717) is 18.0 Å². The van der Waals surface area contributed by atoms with Crippen LogP contribution in [0.15, 0.2) is 18.2 Å². The lowest BCUT2D eigenvalue weighted by Crippen LogP contribution is -2.29. The molecule has 4 heteroatoms. The summed E-state index contributed by atoms with van der Waals surface area (Å²) >= 11 is 0. The number of aliphatic hydroxyl groups is 1. The minimum Gasteiger partial charge on any atom is -0.396 e. The third-order valence-corrected chi connectivity index (χ3v) is 3.75. The van der Waals surface area contributed by atoms with E-state index < -0.39 is 0 Å². The van der Waals surface area contributed by atoms with Gasteiger partial charge in [-0.3, -0.25) is 4.79 Å². The monoisotopic (exact) mass is 262 g/mol. The van der Waals surface area contributed by atoms with Crippen molar-refractivity contribution in [3.05, 3.63) is 29.3 Å². The summed E-state index contributed by atoms with van der Waals surface area (Å²) in [5.74, 6) is 0.314. The zero-order valence-electron chi connectivity index (χ0n) is 11.4. The molecule has 104 valence electrons. The highest BCUT2D eigenvalue weighted by Gasteiger charge is 2.14. The molecule has 1 unspecified atom stereocenters. The van der Waals surface area contributed by atoms with E-state index in [-0.39, 0.29) is 12.5 Å². The standard InChI is InChI=1S/C15H22N2O2/c1-2-11(6-8-18)10-17-15(19)13-4-3-12-5-7-16-14(12)9-13/h3-4,9,11,16,18H,2,5-8,10H2,1H3,(H,17,19). The first-order chi connectivity index (χ1) is 9.24. The number of hydrogen-bond donors (Lipinski definition) is 3. The average molecular weight is 262 g/mol. The summed E-state index contributed by atoms with van der Waals surface area (Å²) in [6.45, 7) is 3.83. The molecular weight excluding hydrogens is 240 g/mol. The highest BCUT2D eigenvalue weighted by molar-refractivity contribution is 5.95. The molecule has 19 heavy (non-hydrogen) atoms. The van der Waals surface area contributed by atoms with Crippen molar-refractivity contribution in [1.29, 1.82) is 0 Å². The maximum atomic E-state index is 12.1. The number of nitrogens with one attached hydrogen (secondary N) is 2. The first kappa shape index (κ1) is 13.9. The first-order valence-electron chi connectivity index (χ1n) is 7.00. The highest BCUT2D eigenvalue weighted by Crippen LogP contribution is 2.23. The molecule has 1 heterocycles. The van der Waals surface area contributed by atoms with Crippen LogP contribution in [0.25, 0.3) is 0 Å². The molecule has 1 aromatic carbocycles. The van der Waals surface area contributed by atoms with Crippen LogP contribution in [0.1, 0.15) is 35.7 Å². The molecule has 0 fully saturated rings. The topological polar surface area (TPSA) is 61.4 Å². The van der Waals surface area contributed by atoms with Crippen molar-refractivity contribution in [2.24, 2.45) is 5.92 Å². The number of carbonyl (C=O) groups excluding carboxylic acids is 1. The van der Waals surface area contributed by atoms with Crippen LogP contribution in [0.5, 0.6) is 0 Å². The Bertz CT molecular complexity index is 446.